The summed E-state index contributed by atoms with van der Waals surface area (Å²) >= 11 is 0. The van der Waals surface area contributed by atoms with E-state index in [1.54, 1.807) is 0 Å². The number of aliphatic hydroxyl groups is 3. The van der Waals surface area contributed by atoms with E-state index in [1.807, 2.05) is 13.0 Å². The molecular formula is C60H98O14. The molecule has 6 fully saturated rings. The zero-order valence-electron chi connectivity index (χ0n) is 46.3. The van der Waals surface area contributed by atoms with E-state index in [2.05, 4.69) is 46.4 Å². The summed E-state index contributed by atoms with van der Waals surface area (Å²) in [5, 5.41) is 43.9. The normalized spacial score (nSPS) is 37.6. The van der Waals surface area contributed by atoms with E-state index in [9.17, 15) is 30.0 Å². The first-order chi connectivity index (χ1) is 35.4. The zero-order valence-corrected chi connectivity index (χ0v) is 46.3. The molecule has 0 saturated carbocycles. The number of aliphatic carboxylic acids is 1. The van der Waals surface area contributed by atoms with Gasteiger partial charge in [0.2, 0.25) is 5.79 Å². The van der Waals surface area contributed by atoms with Crippen molar-refractivity contribution in [2.45, 2.75) is 305 Å². The average molecular weight is 1040 g/mol. The minimum atomic E-state index is -2.01. The van der Waals surface area contributed by atoms with Gasteiger partial charge in [0.25, 0.3) is 0 Å². The van der Waals surface area contributed by atoms with Crippen LogP contribution in [-0.2, 0) is 47.5 Å². The molecule has 0 aromatic heterocycles. The highest BCUT2D eigenvalue weighted by Crippen LogP contribution is 2.48. The van der Waals surface area contributed by atoms with Gasteiger partial charge in [-0.15, -0.1) is 0 Å². The molecule has 0 bridgehead atoms. The van der Waals surface area contributed by atoms with Crippen molar-refractivity contribution in [1.29, 1.82) is 0 Å². The van der Waals surface area contributed by atoms with E-state index in [1.165, 1.54) is 71.1 Å². The Balaban J connectivity index is 0.898. The molecule has 0 unspecified atom stereocenters. The molecule has 0 radical (unpaired) electrons. The fraction of sp³-hybridized carbons (Fsp3) is 0.867. The summed E-state index contributed by atoms with van der Waals surface area (Å²) in [5.41, 5.74) is -0.593. The van der Waals surface area contributed by atoms with Crippen LogP contribution in [0.1, 0.15) is 221 Å². The van der Waals surface area contributed by atoms with Crippen LogP contribution in [0.25, 0.3) is 0 Å². The number of esters is 1. The van der Waals surface area contributed by atoms with Crippen LogP contribution in [-0.4, -0.2) is 123 Å². The van der Waals surface area contributed by atoms with Crippen molar-refractivity contribution in [3.63, 3.8) is 0 Å². The molecule has 0 aromatic carbocycles. The molecule has 74 heavy (non-hydrogen) atoms. The molecule has 7 aliphatic rings. The third-order valence-corrected chi connectivity index (χ3v) is 17.7. The van der Waals surface area contributed by atoms with Crippen LogP contribution >= 0.6 is 0 Å². The van der Waals surface area contributed by atoms with Gasteiger partial charge in [-0.3, -0.25) is 4.79 Å². The molecule has 14 nitrogen and oxygen atoms in total. The number of carboxylic acid groups (broad SMARTS) is 1. The number of aliphatic hydroxyl groups excluding tert-OH is 2. The Morgan fingerprint density at radius 3 is 2.22 bits per heavy atom. The first-order valence-corrected chi connectivity index (χ1v) is 29.6. The first kappa shape index (κ1) is 59.4. The van der Waals surface area contributed by atoms with Crippen LogP contribution in [0.5, 0.6) is 0 Å². The highest BCUT2D eigenvalue weighted by Gasteiger charge is 2.55. The van der Waals surface area contributed by atoms with E-state index < -0.39 is 71.7 Å². The number of carboxylic acids is 1. The summed E-state index contributed by atoms with van der Waals surface area (Å²) in [6, 6.07) is 0. The Hall–Kier alpha value is -2.24. The van der Waals surface area contributed by atoms with Crippen LogP contribution in [0.4, 0.5) is 0 Å². The Bertz CT molecular complexity index is 1860. The molecule has 17 atom stereocenters. The summed E-state index contributed by atoms with van der Waals surface area (Å²) < 4.78 is 52.6. The maximum atomic E-state index is 13.5. The zero-order chi connectivity index (χ0) is 53.1. The third kappa shape index (κ3) is 15.5. The summed E-state index contributed by atoms with van der Waals surface area (Å²) in [6.45, 7) is 16.9. The second-order valence-corrected chi connectivity index (χ2v) is 24.3. The van der Waals surface area contributed by atoms with E-state index >= 15 is 0 Å². The Morgan fingerprint density at radius 2 is 1.54 bits per heavy atom. The number of unbranched alkanes of at least 4 members (excludes halogenated alkanes) is 12. The second kappa shape index (κ2) is 27.1. The van der Waals surface area contributed by atoms with Gasteiger partial charge in [-0.25, -0.2) is 4.79 Å². The fourth-order valence-electron chi connectivity index (χ4n) is 13.2. The lowest BCUT2D eigenvalue weighted by Gasteiger charge is -2.50. The molecule has 3 spiro atoms. The monoisotopic (exact) mass is 1040 g/mol. The summed E-state index contributed by atoms with van der Waals surface area (Å²) in [5.74, 6) is -4.24. The van der Waals surface area contributed by atoms with Gasteiger partial charge >= 0.3 is 11.9 Å². The quantitative estimate of drug-likeness (QED) is 0.0384. The maximum Gasteiger partial charge on any atom is 0.335 e. The lowest BCUT2D eigenvalue weighted by Crippen LogP contribution is -2.60. The van der Waals surface area contributed by atoms with Crippen molar-refractivity contribution >= 4 is 11.9 Å². The largest absolute Gasteiger partial charge is 0.479 e. The predicted molar refractivity (Wildman–Crippen MR) is 282 cm³/mol. The van der Waals surface area contributed by atoms with Crippen molar-refractivity contribution < 1.29 is 67.9 Å². The molecule has 0 aromatic rings. The smallest absolute Gasteiger partial charge is 0.335 e. The highest BCUT2D eigenvalue weighted by molar-refractivity contribution is 5.76. The number of rotatable bonds is 25. The van der Waals surface area contributed by atoms with Crippen LogP contribution in [0, 0.1) is 17.8 Å². The predicted octanol–water partition coefficient (Wildman–Crippen LogP) is 11.2. The molecule has 4 N–H and O–H groups in total. The SMILES string of the molecule is C=C1[C@@H](O)[C@@H]2O[C@@]3(CC[C@H](/C=C/[C@@H](C)[C@@H]4CC(C)=C[C@@]5(O[C@H](C[C@@](C)(O)C(=O)O)CC[C@H]5OC(=O)CCCCCCCCCCCCCCC)O4)O3)CC[C@H]2O[C@@H]1[C@@H](O)C[C@H](C)[C@H]1O[C@@]2(CCCCO2)CC[C@H]1C. The van der Waals surface area contributed by atoms with Gasteiger partial charge in [0.05, 0.1) is 43.2 Å². The molecule has 6 saturated heterocycles. The first-order valence-electron chi connectivity index (χ1n) is 29.6. The minimum absolute atomic E-state index is 0.0398. The van der Waals surface area contributed by atoms with Crippen LogP contribution in [0.15, 0.2) is 36.0 Å². The van der Waals surface area contributed by atoms with E-state index in [0.29, 0.717) is 69.3 Å². The maximum absolute atomic E-state index is 13.5. The summed E-state index contributed by atoms with van der Waals surface area (Å²) in [4.78, 5) is 25.4. The van der Waals surface area contributed by atoms with Gasteiger partial charge in [0, 0.05) is 44.4 Å². The van der Waals surface area contributed by atoms with Gasteiger partial charge < -0.3 is 58.3 Å². The highest BCUT2D eigenvalue weighted by atomic mass is 16.7. The number of carbonyl (C=O) groups is 2. The topological polar surface area (TPSA) is 189 Å². The summed E-state index contributed by atoms with van der Waals surface area (Å²) in [7, 11) is 0. The number of carbonyl (C=O) groups excluding carboxylic acids is 1. The minimum Gasteiger partial charge on any atom is -0.479 e. The number of hydrogen-bond acceptors (Lipinski definition) is 13. The second-order valence-electron chi connectivity index (χ2n) is 24.3. The molecule has 14 heteroatoms. The molecular weight excluding hydrogens is 945 g/mol. The fourth-order valence-corrected chi connectivity index (χ4v) is 13.2. The van der Waals surface area contributed by atoms with Crippen LogP contribution in [0.2, 0.25) is 0 Å². The van der Waals surface area contributed by atoms with Gasteiger partial charge in [0.1, 0.15) is 18.3 Å². The van der Waals surface area contributed by atoms with Gasteiger partial charge in [-0.1, -0.05) is 129 Å². The lowest BCUT2D eigenvalue weighted by atomic mass is 9.79. The lowest BCUT2D eigenvalue weighted by molar-refractivity contribution is -0.322. The van der Waals surface area contributed by atoms with Crippen molar-refractivity contribution in [2.75, 3.05) is 6.61 Å². The molecule has 0 aliphatic carbocycles. The van der Waals surface area contributed by atoms with Crippen molar-refractivity contribution in [1.82, 2.24) is 0 Å². The van der Waals surface area contributed by atoms with Crippen molar-refractivity contribution in [3.8, 4) is 0 Å². The average Bonchev–Trinajstić information content (AvgIpc) is 3.76. The van der Waals surface area contributed by atoms with Gasteiger partial charge in [0.15, 0.2) is 23.3 Å². The molecule has 7 aliphatic heterocycles. The van der Waals surface area contributed by atoms with Gasteiger partial charge in [-0.05, 0) is 102 Å². The summed E-state index contributed by atoms with van der Waals surface area (Å²) in [6.07, 6.45) is 25.5. The molecule has 7 heterocycles. The Kier molecular flexibility index (Phi) is 21.7. The number of fused-ring (bicyclic) bond motifs is 1. The number of hydrogen-bond donors (Lipinski definition) is 4. The molecule has 0 amide bonds. The molecule has 7 rings (SSSR count). The van der Waals surface area contributed by atoms with E-state index in [4.69, 9.17) is 37.9 Å². The Labute approximate surface area is 444 Å². The van der Waals surface area contributed by atoms with Crippen molar-refractivity contribution in [2.24, 2.45) is 17.8 Å². The number of ether oxygens (including phenoxy) is 8. The Morgan fingerprint density at radius 1 is 0.865 bits per heavy atom. The molecule has 422 valence electrons. The van der Waals surface area contributed by atoms with E-state index in [-0.39, 0.29) is 42.5 Å². The standard InChI is InChI=1S/C60H98O14/c1-8-9-10-11-12-13-14-15-16-17-18-19-20-23-51(62)69-50-27-26-46(39-57(7,66)56(64)65)71-60(50)38-40(2)36-49(72-60)41(3)24-25-45-29-33-59(70-45)34-30-48-55(74-59)52(63)44(6)54(68-48)47(61)37-43(5)53-42(4)28-32-58(73-53)31-21-22-35-67-58/h24-25,38,41-43,45-50,52-55,61,63,66H,6,8-23,26-37,39H2,1-5,7H3,(H,64,65)/b25-24+/t41-,42-,43+,45+,46+,47+,48-,49+,50-,52-,53+,54+,55-,57-,58+,59+,60-/m1/s1. The van der Waals surface area contributed by atoms with E-state index in [0.717, 1.165) is 63.5 Å². The van der Waals surface area contributed by atoms with Crippen LogP contribution in [0.3, 0.4) is 0 Å². The van der Waals surface area contributed by atoms with Gasteiger partial charge in [-0.2, -0.15) is 0 Å². The van der Waals surface area contributed by atoms with Crippen molar-refractivity contribution in [3.05, 3.63) is 36.0 Å². The van der Waals surface area contributed by atoms with Crippen LogP contribution < -0.4 is 0 Å². The third-order valence-electron chi connectivity index (χ3n) is 17.7.